The Morgan fingerprint density at radius 1 is 1.18 bits per heavy atom. The summed E-state index contributed by atoms with van der Waals surface area (Å²) in [6.07, 6.45) is 2.78. The van der Waals surface area contributed by atoms with Gasteiger partial charge in [0.2, 0.25) is 0 Å². The first kappa shape index (κ1) is 16.4. The van der Waals surface area contributed by atoms with Crippen molar-refractivity contribution in [1.29, 1.82) is 0 Å². The van der Waals surface area contributed by atoms with Crippen LogP contribution in [-0.2, 0) is 6.54 Å². The maximum Gasteiger partial charge on any atom is 0.0234 e. The molecule has 3 rings (SSSR count). The number of hydrogen-bond acceptors (Lipinski definition) is 3. The van der Waals surface area contributed by atoms with Crippen molar-refractivity contribution in [1.82, 2.24) is 9.80 Å². The second kappa shape index (κ2) is 6.94. The SMILES string of the molecule is CCSc1cccc(CN2CCC3(CC2)CN(C(C)C)C3)c1. The van der Waals surface area contributed by atoms with E-state index >= 15 is 0 Å². The molecule has 2 heterocycles. The molecular weight excluding hydrogens is 288 g/mol. The van der Waals surface area contributed by atoms with Crippen molar-refractivity contribution in [3.63, 3.8) is 0 Å². The van der Waals surface area contributed by atoms with E-state index in [1.165, 1.54) is 49.5 Å². The van der Waals surface area contributed by atoms with Crippen molar-refractivity contribution in [2.24, 2.45) is 5.41 Å². The highest BCUT2D eigenvalue weighted by Crippen LogP contribution is 2.41. The van der Waals surface area contributed by atoms with Gasteiger partial charge in [0.15, 0.2) is 0 Å². The molecule has 3 heteroatoms. The first-order valence-corrected chi connectivity index (χ1v) is 9.77. The molecule has 0 atom stereocenters. The largest absolute Gasteiger partial charge is 0.300 e. The Hall–Kier alpha value is -0.510. The van der Waals surface area contributed by atoms with Gasteiger partial charge in [0.25, 0.3) is 0 Å². The highest BCUT2D eigenvalue weighted by molar-refractivity contribution is 7.99. The molecule has 0 unspecified atom stereocenters. The quantitative estimate of drug-likeness (QED) is 0.755. The third-order valence-electron chi connectivity index (χ3n) is 5.34. The van der Waals surface area contributed by atoms with Gasteiger partial charge in [-0.05, 0) is 68.6 Å². The Morgan fingerprint density at radius 2 is 1.91 bits per heavy atom. The third-order valence-corrected chi connectivity index (χ3v) is 6.22. The number of likely N-dealkylation sites (tertiary alicyclic amines) is 2. The summed E-state index contributed by atoms with van der Waals surface area (Å²) in [5.41, 5.74) is 2.13. The second-order valence-electron chi connectivity index (χ2n) is 7.36. The minimum atomic E-state index is 0.653. The predicted molar refractivity (Wildman–Crippen MR) is 96.5 cm³/mol. The fourth-order valence-electron chi connectivity index (χ4n) is 3.84. The zero-order chi connectivity index (χ0) is 15.6. The van der Waals surface area contributed by atoms with Crippen LogP contribution in [0.3, 0.4) is 0 Å². The van der Waals surface area contributed by atoms with Gasteiger partial charge in [0, 0.05) is 30.6 Å². The van der Waals surface area contributed by atoms with Gasteiger partial charge >= 0.3 is 0 Å². The van der Waals surface area contributed by atoms with E-state index in [1.54, 1.807) is 0 Å². The van der Waals surface area contributed by atoms with E-state index in [9.17, 15) is 0 Å². The lowest BCUT2D eigenvalue weighted by molar-refractivity contribution is -0.0633. The van der Waals surface area contributed by atoms with Crippen molar-refractivity contribution >= 4 is 11.8 Å². The molecule has 22 heavy (non-hydrogen) atoms. The van der Waals surface area contributed by atoms with E-state index in [-0.39, 0.29) is 0 Å². The highest BCUT2D eigenvalue weighted by atomic mass is 32.2. The zero-order valence-corrected chi connectivity index (χ0v) is 15.2. The molecular formula is C19H30N2S. The number of hydrogen-bond donors (Lipinski definition) is 0. The van der Waals surface area contributed by atoms with Crippen molar-refractivity contribution in [3.05, 3.63) is 29.8 Å². The summed E-state index contributed by atoms with van der Waals surface area (Å²) < 4.78 is 0. The summed E-state index contributed by atoms with van der Waals surface area (Å²) in [6.45, 7) is 13.2. The Labute approximate surface area is 140 Å². The van der Waals surface area contributed by atoms with E-state index in [0.717, 1.165) is 18.3 Å². The Bertz CT molecular complexity index is 484. The summed E-state index contributed by atoms with van der Waals surface area (Å²) in [5.74, 6) is 1.15. The molecule has 2 fully saturated rings. The normalized spacial score (nSPS) is 22.2. The molecule has 2 aliphatic rings. The maximum atomic E-state index is 2.65. The molecule has 2 nitrogen and oxygen atoms in total. The smallest absolute Gasteiger partial charge is 0.0234 e. The topological polar surface area (TPSA) is 6.48 Å². The maximum absolute atomic E-state index is 2.65. The zero-order valence-electron chi connectivity index (χ0n) is 14.3. The summed E-state index contributed by atoms with van der Waals surface area (Å²) >= 11 is 1.94. The summed E-state index contributed by atoms with van der Waals surface area (Å²) in [7, 11) is 0. The average molecular weight is 319 g/mol. The van der Waals surface area contributed by atoms with Crippen LogP contribution in [0.1, 0.15) is 39.2 Å². The van der Waals surface area contributed by atoms with Gasteiger partial charge in [0.05, 0.1) is 0 Å². The highest BCUT2D eigenvalue weighted by Gasteiger charge is 2.45. The molecule has 1 spiro atoms. The number of rotatable bonds is 5. The molecule has 0 aromatic heterocycles. The van der Waals surface area contributed by atoms with Crippen molar-refractivity contribution < 1.29 is 0 Å². The number of nitrogens with zero attached hydrogens (tertiary/aromatic N) is 2. The Morgan fingerprint density at radius 3 is 2.55 bits per heavy atom. The van der Waals surface area contributed by atoms with Gasteiger partial charge in [-0.1, -0.05) is 19.1 Å². The van der Waals surface area contributed by atoms with Gasteiger partial charge in [-0.15, -0.1) is 11.8 Å². The second-order valence-corrected chi connectivity index (χ2v) is 8.69. The van der Waals surface area contributed by atoms with Crippen molar-refractivity contribution in [3.8, 4) is 0 Å². The van der Waals surface area contributed by atoms with Gasteiger partial charge in [-0.3, -0.25) is 9.80 Å². The van der Waals surface area contributed by atoms with E-state index in [0.29, 0.717) is 5.41 Å². The van der Waals surface area contributed by atoms with E-state index in [1.807, 2.05) is 11.8 Å². The van der Waals surface area contributed by atoms with Crippen molar-refractivity contribution in [2.75, 3.05) is 31.9 Å². The van der Waals surface area contributed by atoms with Crippen LogP contribution in [-0.4, -0.2) is 47.8 Å². The molecule has 1 aromatic carbocycles. The average Bonchev–Trinajstić information content (AvgIpc) is 2.46. The van der Waals surface area contributed by atoms with Gasteiger partial charge < -0.3 is 0 Å². The summed E-state index contributed by atoms with van der Waals surface area (Å²) in [5, 5.41) is 0. The van der Waals surface area contributed by atoms with Gasteiger partial charge in [-0.25, -0.2) is 0 Å². The van der Waals surface area contributed by atoms with Crippen LogP contribution in [0, 0.1) is 5.41 Å². The molecule has 2 saturated heterocycles. The van der Waals surface area contributed by atoms with Crippen LogP contribution in [0.25, 0.3) is 0 Å². The minimum absolute atomic E-state index is 0.653. The standard InChI is InChI=1S/C19H30N2S/c1-4-22-18-7-5-6-17(12-18)13-20-10-8-19(9-11-20)14-21(15-19)16(2)3/h5-7,12,16H,4,8-11,13-15H2,1-3H3. The lowest BCUT2D eigenvalue weighted by Gasteiger charge is -2.55. The Balaban J connectivity index is 1.49. The van der Waals surface area contributed by atoms with Crippen LogP contribution in [0.4, 0.5) is 0 Å². The molecule has 0 bridgehead atoms. The number of thioether (sulfide) groups is 1. The van der Waals surface area contributed by atoms with Crippen molar-refractivity contribution in [2.45, 2.75) is 51.1 Å². The fourth-order valence-corrected chi connectivity index (χ4v) is 4.58. The van der Waals surface area contributed by atoms with E-state index in [2.05, 4.69) is 54.8 Å². The molecule has 0 N–H and O–H groups in total. The minimum Gasteiger partial charge on any atom is -0.300 e. The number of benzene rings is 1. The lowest BCUT2D eigenvalue weighted by atomic mass is 9.71. The fraction of sp³-hybridized carbons (Fsp3) is 0.684. The van der Waals surface area contributed by atoms with Crippen LogP contribution < -0.4 is 0 Å². The lowest BCUT2D eigenvalue weighted by Crippen LogP contribution is -2.61. The molecule has 0 aliphatic carbocycles. The first-order valence-electron chi connectivity index (χ1n) is 8.78. The van der Waals surface area contributed by atoms with Crippen LogP contribution in [0.15, 0.2) is 29.2 Å². The number of piperidine rings is 1. The first-order chi connectivity index (χ1) is 10.6. The molecule has 122 valence electrons. The van der Waals surface area contributed by atoms with Crippen LogP contribution >= 0.6 is 11.8 Å². The van der Waals surface area contributed by atoms with Gasteiger partial charge in [-0.2, -0.15) is 0 Å². The summed E-state index contributed by atoms with van der Waals surface area (Å²) in [6, 6.07) is 9.83. The summed E-state index contributed by atoms with van der Waals surface area (Å²) in [4.78, 5) is 6.69. The third kappa shape index (κ3) is 3.69. The molecule has 0 radical (unpaired) electrons. The monoisotopic (exact) mass is 318 g/mol. The molecule has 2 aliphatic heterocycles. The molecule has 0 amide bonds. The molecule has 0 saturated carbocycles. The van der Waals surface area contributed by atoms with Crippen LogP contribution in [0.2, 0.25) is 0 Å². The van der Waals surface area contributed by atoms with Crippen LogP contribution in [0.5, 0.6) is 0 Å². The van der Waals surface area contributed by atoms with Gasteiger partial charge in [0.1, 0.15) is 0 Å². The Kier molecular flexibility index (Phi) is 5.16. The van der Waals surface area contributed by atoms with E-state index in [4.69, 9.17) is 0 Å². The molecule has 1 aromatic rings. The van der Waals surface area contributed by atoms with E-state index < -0.39 is 0 Å². The predicted octanol–water partition coefficient (Wildman–Crippen LogP) is 4.10.